The number of nitrogens with one attached hydrogen (secondary N) is 1. The van der Waals surface area contributed by atoms with Gasteiger partial charge >= 0.3 is 6.01 Å². The maximum Gasteiger partial charge on any atom is 0.321 e. The van der Waals surface area contributed by atoms with Crippen LogP contribution in [-0.2, 0) is 0 Å². The van der Waals surface area contributed by atoms with E-state index in [1.165, 1.54) is 4.90 Å². The second-order valence-corrected chi connectivity index (χ2v) is 5.31. The van der Waals surface area contributed by atoms with E-state index in [-0.39, 0.29) is 0 Å². The van der Waals surface area contributed by atoms with Crippen LogP contribution in [0, 0.1) is 5.92 Å². The molecular formula is C13H17N3OS. The number of aromatic nitrogens is 2. The molecule has 1 aromatic carbocycles. The monoisotopic (exact) mass is 263 g/mol. The average Bonchev–Trinajstić information content (AvgIpc) is 2.85. The van der Waals surface area contributed by atoms with E-state index in [4.69, 9.17) is 4.52 Å². The van der Waals surface area contributed by atoms with Crippen molar-refractivity contribution in [3.63, 3.8) is 0 Å². The molecule has 5 heteroatoms. The van der Waals surface area contributed by atoms with Crippen LogP contribution in [0.15, 0.2) is 33.7 Å². The quantitative estimate of drug-likeness (QED) is 0.836. The molecule has 0 unspecified atom stereocenters. The molecule has 0 aliphatic carbocycles. The second-order valence-electron chi connectivity index (χ2n) is 4.43. The van der Waals surface area contributed by atoms with Crippen LogP contribution in [0.25, 0.3) is 11.4 Å². The van der Waals surface area contributed by atoms with Gasteiger partial charge in [0.1, 0.15) is 0 Å². The number of rotatable bonds is 5. The third-order valence-corrected chi connectivity index (χ3v) is 3.18. The number of hydrogen-bond donors (Lipinski definition) is 1. The third-order valence-electron chi connectivity index (χ3n) is 2.44. The fourth-order valence-electron chi connectivity index (χ4n) is 1.44. The van der Waals surface area contributed by atoms with Gasteiger partial charge in [0.15, 0.2) is 0 Å². The van der Waals surface area contributed by atoms with Crippen LogP contribution in [0.4, 0.5) is 6.01 Å². The molecule has 0 aliphatic heterocycles. The van der Waals surface area contributed by atoms with E-state index in [0.29, 0.717) is 17.8 Å². The molecule has 0 fully saturated rings. The summed E-state index contributed by atoms with van der Waals surface area (Å²) in [5.41, 5.74) is 0.967. The van der Waals surface area contributed by atoms with Crippen molar-refractivity contribution in [2.45, 2.75) is 18.7 Å². The Morgan fingerprint density at radius 2 is 2.00 bits per heavy atom. The van der Waals surface area contributed by atoms with E-state index in [0.717, 1.165) is 12.1 Å². The largest absolute Gasteiger partial charge is 0.337 e. The van der Waals surface area contributed by atoms with Gasteiger partial charge in [-0.3, -0.25) is 0 Å². The van der Waals surface area contributed by atoms with Gasteiger partial charge in [-0.05, 0) is 36.4 Å². The minimum Gasteiger partial charge on any atom is -0.337 e. The Morgan fingerprint density at radius 3 is 2.61 bits per heavy atom. The summed E-state index contributed by atoms with van der Waals surface area (Å²) in [6, 6.07) is 8.59. The Labute approximate surface area is 111 Å². The zero-order valence-corrected chi connectivity index (χ0v) is 11.6. The molecule has 2 rings (SSSR count). The molecule has 0 bridgehead atoms. The number of benzene rings is 1. The molecule has 0 saturated carbocycles. The van der Waals surface area contributed by atoms with Crippen molar-refractivity contribution < 1.29 is 4.52 Å². The SMILES string of the molecule is CSc1ccc(-c2noc(NCC(C)C)n2)cc1. The third kappa shape index (κ3) is 3.26. The molecule has 1 heterocycles. The summed E-state index contributed by atoms with van der Waals surface area (Å²) in [6.45, 7) is 5.09. The Morgan fingerprint density at radius 1 is 1.28 bits per heavy atom. The standard InChI is InChI=1S/C13H17N3OS/c1-9(2)8-14-13-15-12(16-17-13)10-4-6-11(18-3)7-5-10/h4-7,9H,8H2,1-3H3,(H,14,15,16). The van der Waals surface area contributed by atoms with Crippen molar-refractivity contribution in [1.82, 2.24) is 10.1 Å². The van der Waals surface area contributed by atoms with Gasteiger partial charge in [-0.1, -0.05) is 19.0 Å². The minimum atomic E-state index is 0.479. The van der Waals surface area contributed by atoms with Crippen LogP contribution in [0.5, 0.6) is 0 Å². The highest BCUT2D eigenvalue weighted by Crippen LogP contribution is 2.21. The summed E-state index contributed by atoms with van der Waals surface area (Å²) in [5.74, 6) is 1.16. The molecule has 0 aliphatic rings. The maximum atomic E-state index is 5.15. The molecular weight excluding hydrogens is 246 g/mol. The summed E-state index contributed by atoms with van der Waals surface area (Å²) < 4.78 is 5.15. The van der Waals surface area contributed by atoms with Gasteiger partial charge in [-0.2, -0.15) is 4.98 Å². The predicted molar refractivity (Wildman–Crippen MR) is 74.8 cm³/mol. The molecule has 96 valence electrons. The first kappa shape index (κ1) is 13.0. The minimum absolute atomic E-state index is 0.479. The smallest absolute Gasteiger partial charge is 0.321 e. The van der Waals surface area contributed by atoms with Gasteiger partial charge < -0.3 is 9.84 Å². The van der Waals surface area contributed by atoms with Crippen molar-refractivity contribution in [3.8, 4) is 11.4 Å². The maximum absolute atomic E-state index is 5.15. The van der Waals surface area contributed by atoms with Crippen LogP contribution in [0.2, 0.25) is 0 Å². The van der Waals surface area contributed by atoms with Crippen molar-refractivity contribution in [1.29, 1.82) is 0 Å². The molecule has 0 spiro atoms. The van der Waals surface area contributed by atoms with E-state index in [1.54, 1.807) is 11.8 Å². The van der Waals surface area contributed by atoms with Crippen molar-refractivity contribution >= 4 is 17.8 Å². The van der Waals surface area contributed by atoms with Crippen molar-refractivity contribution in [2.24, 2.45) is 5.92 Å². The Hall–Kier alpha value is -1.49. The van der Waals surface area contributed by atoms with E-state index in [2.05, 4.69) is 47.7 Å². The highest BCUT2D eigenvalue weighted by Gasteiger charge is 2.08. The molecule has 0 radical (unpaired) electrons. The predicted octanol–water partition coefficient (Wildman–Crippen LogP) is 3.53. The molecule has 0 amide bonds. The zero-order valence-electron chi connectivity index (χ0n) is 10.8. The van der Waals surface area contributed by atoms with Crippen molar-refractivity contribution in [2.75, 3.05) is 18.1 Å². The fraction of sp³-hybridized carbons (Fsp3) is 0.385. The summed E-state index contributed by atoms with van der Waals surface area (Å²) in [5, 5.41) is 7.08. The first-order valence-corrected chi connectivity index (χ1v) is 7.13. The molecule has 2 aromatic rings. The van der Waals surface area contributed by atoms with E-state index < -0.39 is 0 Å². The molecule has 1 N–H and O–H groups in total. The van der Waals surface area contributed by atoms with Gasteiger partial charge in [0.25, 0.3) is 0 Å². The van der Waals surface area contributed by atoms with Crippen LogP contribution in [0.1, 0.15) is 13.8 Å². The molecule has 0 atom stereocenters. The van der Waals surface area contributed by atoms with Crippen LogP contribution in [-0.4, -0.2) is 22.9 Å². The lowest BCUT2D eigenvalue weighted by atomic mass is 10.2. The van der Waals surface area contributed by atoms with Crippen LogP contribution >= 0.6 is 11.8 Å². The lowest BCUT2D eigenvalue weighted by Crippen LogP contribution is -2.07. The normalized spacial score (nSPS) is 10.9. The molecule has 4 nitrogen and oxygen atoms in total. The summed E-state index contributed by atoms with van der Waals surface area (Å²) in [7, 11) is 0. The average molecular weight is 263 g/mol. The number of hydrogen-bond acceptors (Lipinski definition) is 5. The van der Waals surface area contributed by atoms with Gasteiger partial charge in [0, 0.05) is 17.0 Å². The highest BCUT2D eigenvalue weighted by molar-refractivity contribution is 7.98. The van der Waals surface area contributed by atoms with E-state index >= 15 is 0 Å². The topological polar surface area (TPSA) is 51.0 Å². The lowest BCUT2D eigenvalue weighted by molar-refractivity contribution is 0.429. The number of nitrogens with zero attached hydrogens (tertiary/aromatic N) is 2. The Kier molecular flexibility index (Phi) is 4.25. The first-order valence-electron chi connectivity index (χ1n) is 5.91. The van der Waals surface area contributed by atoms with Crippen LogP contribution < -0.4 is 5.32 Å². The Balaban J connectivity index is 2.08. The number of thioether (sulfide) groups is 1. The van der Waals surface area contributed by atoms with E-state index in [1.807, 2.05) is 12.1 Å². The van der Waals surface area contributed by atoms with Gasteiger partial charge in [0.2, 0.25) is 5.82 Å². The van der Waals surface area contributed by atoms with Gasteiger partial charge in [-0.25, -0.2) is 0 Å². The summed E-state index contributed by atoms with van der Waals surface area (Å²) in [6.07, 6.45) is 2.05. The Bertz CT molecular complexity index is 493. The van der Waals surface area contributed by atoms with Crippen molar-refractivity contribution in [3.05, 3.63) is 24.3 Å². The van der Waals surface area contributed by atoms with E-state index in [9.17, 15) is 0 Å². The molecule has 1 aromatic heterocycles. The fourth-order valence-corrected chi connectivity index (χ4v) is 1.85. The summed E-state index contributed by atoms with van der Waals surface area (Å²) >= 11 is 1.71. The molecule has 0 saturated heterocycles. The lowest BCUT2D eigenvalue weighted by Gasteiger charge is -2.02. The number of anilines is 1. The molecule has 18 heavy (non-hydrogen) atoms. The second kappa shape index (κ2) is 5.91. The van der Waals surface area contributed by atoms with Crippen LogP contribution in [0.3, 0.4) is 0 Å². The highest BCUT2D eigenvalue weighted by atomic mass is 32.2. The van der Waals surface area contributed by atoms with Gasteiger partial charge in [-0.15, -0.1) is 11.8 Å². The van der Waals surface area contributed by atoms with Gasteiger partial charge in [0.05, 0.1) is 0 Å². The summed E-state index contributed by atoms with van der Waals surface area (Å²) in [4.78, 5) is 5.53. The zero-order chi connectivity index (χ0) is 13.0. The first-order chi connectivity index (χ1) is 8.69.